The smallest absolute Gasteiger partial charge is 0.303 e. The van der Waals surface area contributed by atoms with Crippen molar-refractivity contribution in [2.24, 2.45) is 0 Å². The van der Waals surface area contributed by atoms with E-state index in [0.29, 0.717) is 27.2 Å². The molecule has 0 amide bonds. The van der Waals surface area contributed by atoms with Gasteiger partial charge in [-0.2, -0.15) is 5.10 Å². The van der Waals surface area contributed by atoms with Gasteiger partial charge in [0.05, 0.1) is 15.7 Å². The molecule has 0 radical (unpaired) electrons. The largest absolute Gasteiger partial charge is 0.481 e. The second-order valence-electron chi connectivity index (χ2n) is 4.67. The molecule has 0 spiro atoms. The first-order valence-electron chi connectivity index (χ1n) is 6.23. The Kier molecular flexibility index (Phi) is 4.81. The summed E-state index contributed by atoms with van der Waals surface area (Å²) in [6.07, 6.45) is 0.464. The molecule has 0 aliphatic carbocycles. The third kappa shape index (κ3) is 3.34. The van der Waals surface area contributed by atoms with Gasteiger partial charge in [-0.15, -0.1) is 0 Å². The quantitative estimate of drug-likeness (QED) is 0.888. The summed E-state index contributed by atoms with van der Waals surface area (Å²) in [4.78, 5) is 10.7. The second-order valence-corrected chi connectivity index (χ2v) is 5.92. The molecule has 0 atom stereocenters. The molecular weight excluding hydrogens is 335 g/mol. The predicted octanol–water partition coefficient (Wildman–Crippen LogP) is 4.47. The Hall–Kier alpha value is -1.23. The zero-order chi connectivity index (χ0) is 15.7. The lowest BCUT2D eigenvalue weighted by Gasteiger charge is -2.10. The van der Waals surface area contributed by atoms with Crippen LogP contribution in [0.4, 0.5) is 0 Å². The van der Waals surface area contributed by atoms with Gasteiger partial charge in [0.25, 0.3) is 0 Å². The van der Waals surface area contributed by atoms with Gasteiger partial charge in [0.15, 0.2) is 0 Å². The first-order valence-corrected chi connectivity index (χ1v) is 7.36. The van der Waals surface area contributed by atoms with Crippen LogP contribution in [0.2, 0.25) is 15.1 Å². The van der Waals surface area contributed by atoms with Gasteiger partial charge in [0.2, 0.25) is 0 Å². The SMILES string of the molecule is Cc1nn(-c2c(Cl)cc(Cl)cc2Cl)c(C)c1CCC(=O)O. The standard InChI is InChI=1S/C14H13Cl3N2O2/c1-7-10(3-4-13(20)21)8(2)19(18-7)14-11(16)5-9(15)6-12(14)17/h5-6H,3-4H2,1-2H3,(H,20,21). The highest BCUT2D eigenvalue weighted by Gasteiger charge is 2.18. The molecule has 0 aliphatic rings. The molecule has 7 heteroatoms. The molecule has 0 bridgehead atoms. The summed E-state index contributed by atoms with van der Waals surface area (Å²) in [5.74, 6) is -0.843. The molecule has 1 aromatic carbocycles. The van der Waals surface area contributed by atoms with E-state index in [0.717, 1.165) is 17.0 Å². The molecular formula is C14H13Cl3N2O2. The van der Waals surface area contributed by atoms with E-state index < -0.39 is 5.97 Å². The van der Waals surface area contributed by atoms with Crippen molar-refractivity contribution >= 4 is 40.8 Å². The number of nitrogens with zero attached hydrogens (tertiary/aromatic N) is 2. The Bertz CT molecular complexity index is 687. The molecule has 0 saturated carbocycles. The average molecular weight is 348 g/mol. The van der Waals surface area contributed by atoms with Crippen molar-refractivity contribution in [3.63, 3.8) is 0 Å². The molecule has 4 nitrogen and oxygen atoms in total. The lowest BCUT2D eigenvalue weighted by Crippen LogP contribution is -2.03. The van der Waals surface area contributed by atoms with Gasteiger partial charge in [-0.1, -0.05) is 34.8 Å². The van der Waals surface area contributed by atoms with Crippen molar-refractivity contribution < 1.29 is 9.90 Å². The molecule has 21 heavy (non-hydrogen) atoms. The predicted molar refractivity (Wildman–Crippen MR) is 84.0 cm³/mol. The molecule has 1 heterocycles. The van der Waals surface area contributed by atoms with Crippen LogP contribution in [0.25, 0.3) is 5.69 Å². The molecule has 112 valence electrons. The Morgan fingerprint density at radius 1 is 1.24 bits per heavy atom. The van der Waals surface area contributed by atoms with E-state index in [1.54, 1.807) is 16.8 Å². The highest BCUT2D eigenvalue weighted by atomic mass is 35.5. The molecule has 2 aromatic rings. The summed E-state index contributed by atoms with van der Waals surface area (Å²) in [6.45, 7) is 3.69. The van der Waals surface area contributed by atoms with Crippen molar-refractivity contribution in [3.8, 4) is 5.69 Å². The minimum atomic E-state index is -0.843. The number of hydrogen-bond donors (Lipinski definition) is 1. The summed E-state index contributed by atoms with van der Waals surface area (Å²) in [7, 11) is 0. The van der Waals surface area contributed by atoms with Crippen LogP contribution < -0.4 is 0 Å². The Balaban J connectivity index is 2.51. The van der Waals surface area contributed by atoms with Crippen LogP contribution in [0.15, 0.2) is 12.1 Å². The van der Waals surface area contributed by atoms with Gasteiger partial charge in [-0.05, 0) is 38.0 Å². The van der Waals surface area contributed by atoms with E-state index in [9.17, 15) is 4.79 Å². The number of aryl methyl sites for hydroxylation is 1. The highest BCUT2D eigenvalue weighted by Crippen LogP contribution is 2.33. The lowest BCUT2D eigenvalue weighted by molar-refractivity contribution is -0.136. The van der Waals surface area contributed by atoms with Crippen molar-refractivity contribution in [1.82, 2.24) is 9.78 Å². The van der Waals surface area contributed by atoms with Crippen LogP contribution in [0.3, 0.4) is 0 Å². The van der Waals surface area contributed by atoms with E-state index in [1.807, 2.05) is 13.8 Å². The Labute approximate surface area is 137 Å². The molecule has 1 aromatic heterocycles. The fourth-order valence-electron chi connectivity index (χ4n) is 2.22. The van der Waals surface area contributed by atoms with E-state index in [1.165, 1.54) is 0 Å². The Morgan fingerprint density at radius 3 is 2.33 bits per heavy atom. The summed E-state index contributed by atoms with van der Waals surface area (Å²) in [5.41, 5.74) is 3.01. The van der Waals surface area contributed by atoms with Crippen molar-refractivity contribution in [1.29, 1.82) is 0 Å². The number of carbonyl (C=O) groups is 1. The van der Waals surface area contributed by atoms with E-state index in [2.05, 4.69) is 5.10 Å². The number of carboxylic acids is 1. The highest BCUT2D eigenvalue weighted by molar-refractivity contribution is 6.40. The van der Waals surface area contributed by atoms with Crippen molar-refractivity contribution in [2.45, 2.75) is 26.7 Å². The number of rotatable bonds is 4. The van der Waals surface area contributed by atoms with Gasteiger partial charge in [0, 0.05) is 17.1 Å². The minimum absolute atomic E-state index is 0.0510. The van der Waals surface area contributed by atoms with Crippen LogP contribution in [0.1, 0.15) is 23.4 Å². The fourth-order valence-corrected chi connectivity index (χ4v) is 3.20. The summed E-state index contributed by atoms with van der Waals surface area (Å²) in [5, 5.41) is 14.5. The van der Waals surface area contributed by atoms with E-state index in [-0.39, 0.29) is 6.42 Å². The average Bonchev–Trinajstić information content (AvgIpc) is 2.61. The fraction of sp³-hybridized carbons (Fsp3) is 0.286. The number of aromatic nitrogens is 2. The number of carboxylic acid groups (broad SMARTS) is 1. The van der Waals surface area contributed by atoms with Crippen LogP contribution in [-0.2, 0) is 11.2 Å². The van der Waals surface area contributed by atoms with Crippen LogP contribution in [0, 0.1) is 13.8 Å². The Morgan fingerprint density at radius 2 is 1.81 bits per heavy atom. The number of aliphatic carboxylic acids is 1. The van der Waals surface area contributed by atoms with Crippen LogP contribution in [0.5, 0.6) is 0 Å². The second kappa shape index (κ2) is 6.26. The van der Waals surface area contributed by atoms with E-state index in [4.69, 9.17) is 39.9 Å². The number of benzene rings is 1. The molecule has 2 rings (SSSR count). The molecule has 0 unspecified atom stereocenters. The third-order valence-electron chi connectivity index (χ3n) is 3.22. The maximum absolute atomic E-state index is 10.7. The minimum Gasteiger partial charge on any atom is -0.481 e. The van der Waals surface area contributed by atoms with Crippen LogP contribution >= 0.6 is 34.8 Å². The first kappa shape index (κ1) is 16.1. The maximum Gasteiger partial charge on any atom is 0.303 e. The van der Waals surface area contributed by atoms with Gasteiger partial charge >= 0.3 is 5.97 Å². The van der Waals surface area contributed by atoms with Gasteiger partial charge in [-0.25, -0.2) is 4.68 Å². The molecule has 0 saturated heterocycles. The zero-order valence-corrected chi connectivity index (χ0v) is 13.7. The normalized spacial score (nSPS) is 10.9. The van der Waals surface area contributed by atoms with Crippen molar-refractivity contribution in [3.05, 3.63) is 44.2 Å². The monoisotopic (exact) mass is 346 g/mol. The van der Waals surface area contributed by atoms with Crippen molar-refractivity contribution in [2.75, 3.05) is 0 Å². The molecule has 0 fully saturated rings. The molecule has 0 aliphatic heterocycles. The number of halogens is 3. The van der Waals surface area contributed by atoms with Gasteiger partial charge < -0.3 is 5.11 Å². The summed E-state index contributed by atoms with van der Waals surface area (Å²) >= 11 is 18.3. The first-order chi connectivity index (χ1) is 9.81. The summed E-state index contributed by atoms with van der Waals surface area (Å²) in [6, 6.07) is 3.19. The van der Waals surface area contributed by atoms with E-state index >= 15 is 0 Å². The van der Waals surface area contributed by atoms with Crippen LogP contribution in [-0.4, -0.2) is 20.9 Å². The lowest BCUT2D eigenvalue weighted by atomic mass is 10.1. The van der Waals surface area contributed by atoms with Gasteiger partial charge in [-0.3, -0.25) is 4.79 Å². The number of hydrogen-bond acceptors (Lipinski definition) is 2. The van der Waals surface area contributed by atoms with Gasteiger partial charge in [0.1, 0.15) is 5.69 Å². The summed E-state index contributed by atoms with van der Waals surface area (Å²) < 4.78 is 1.63. The maximum atomic E-state index is 10.7. The molecule has 1 N–H and O–H groups in total. The topological polar surface area (TPSA) is 55.1 Å². The zero-order valence-electron chi connectivity index (χ0n) is 11.5. The third-order valence-corrected chi connectivity index (χ3v) is 4.02.